The zero-order chi connectivity index (χ0) is 25.3. The maximum absolute atomic E-state index is 13.9. The Balaban J connectivity index is 1.58. The molecule has 35 heavy (non-hydrogen) atoms. The summed E-state index contributed by atoms with van der Waals surface area (Å²) in [5, 5.41) is 2.69. The van der Waals surface area contributed by atoms with Crippen LogP contribution in [0.25, 0.3) is 11.3 Å². The van der Waals surface area contributed by atoms with Crippen molar-refractivity contribution in [2.24, 2.45) is 7.05 Å². The molecule has 0 fully saturated rings. The zero-order valence-electron chi connectivity index (χ0n) is 18.8. The minimum atomic E-state index is -4.54. The van der Waals surface area contributed by atoms with Crippen LogP contribution in [-0.2, 0) is 13.2 Å². The minimum absolute atomic E-state index is 0.0185. The van der Waals surface area contributed by atoms with Crippen LogP contribution in [0.1, 0.15) is 37.4 Å². The van der Waals surface area contributed by atoms with Gasteiger partial charge in [-0.05, 0) is 55.0 Å². The minimum Gasteiger partial charge on any atom is -0.350 e. The van der Waals surface area contributed by atoms with Crippen LogP contribution in [0.2, 0.25) is 0 Å². The number of aryl methyl sites for hydroxylation is 1. The molecule has 4 nitrogen and oxygen atoms in total. The molecular formula is C27H20F4N2O2. The number of nitrogens with zero attached hydrogens (tertiary/aromatic N) is 1. The van der Waals surface area contributed by atoms with Crippen LogP contribution in [0.5, 0.6) is 0 Å². The van der Waals surface area contributed by atoms with Gasteiger partial charge < -0.3 is 9.88 Å². The lowest BCUT2D eigenvalue weighted by atomic mass is 10.00. The fourth-order valence-electron chi connectivity index (χ4n) is 4.01. The largest absolute Gasteiger partial charge is 0.417 e. The summed E-state index contributed by atoms with van der Waals surface area (Å²) in [6.07, 6.45) is -3.07. The highest BCUT2D eigenvalue weighted by atomic mass is 19.4. The van der Waals surface area contributed by atoms with Crippen LogP contribution < -0.4 is 5.32 Å². The van der Waals surface area contributed by atoms with Gasteiger partial charge in [-0.2, -0.15) is 13.2 Å². The topological polar surface area (TPSA) is 51.1 Å². The molecule has 0 saturated heterocycles. The Hall–Kier alpha value is -4.20. The molecule has 1 amide bonds. The highest BCUT2D eigenvalue weighted by Gasteiger charge is 2.34. The molecule has 1 aromatic heterocycles. The highest BCUT2D eigenvalue weighted by Crippen LogP contribution is 2.39. The Morgan fingerprint density at radius 2 is 1.49 bits per heavy atom. The summed E-state index contributed by atoms with van der Waals surface area (Å²) in [6, 6.07) is 16.8. The standard InChI is InChI=1S/C27H20F4N2O2/c1-16-21(15-33(2)24(16)19-7-3-5-9-22(19)27(29,30)31)26(35)32-18-13-11-17(12-14-18)25(34)20-8-4-6-10-23(20)28/h3-15H,1-2H3,(H,32,35). The van der Waals surface area contributed by atoms with Crippen molar-refractivity contribution in [1.29, 1.82) is 0 Å². The molecule has 0 aliphatic carbocycles. The molecule has 0 unspecified atom stereocenters. The van der Waals surface area contributed by atoms with Crippen molar-refractivity contribution >= 4 is 17.4 Å². The lowest BCUT2D eigenvalue weighted by molar-refractivity contribution is -0.137. The van der Waals surface area contributed by atoms with E-state index in [9.17, 15) is 27.2 Å². The third kappa shape index (κ3) is 4.73. The van der Waals surface area contributed by atoms with E-state index in [1.165, 1.54) is 71.4 Å². The third-order valence-electron chi connectivity index (χ3n) is 5.69. The van der Waals surface area contributed by atoms with E-state index in [0.717, 1.165) is 6.07 Å². The summed E-state index contributed by atoms with van der Waals surface area (Å²) in [6.45, 7) is 1.59. The van der Waals surface area contributed by atoms with Gasteiger partial charge in [0.05, 0.1) is 22.4 Å². The molecule has 0 aliphatic heterocycles. The SMILES string of the molecule is Cc1c(C(=O)Nc2ccc(C(=O)c3ccccc3F)cc2)cn(C)c1-c1ccccc1C(F)(F)F. The van der Waals surface area contributed by atoms with Crippen molar-refractivity contribution in [3.63, 3.8) is 0 Å². The molecule has 0 aliphatic rings. The summed E-state index contributed by atoms with van der Waals surface area (Å²) in [7, 11) is 1.58. The Morgan fingerprint density at radius 1 is 0.857 bits per heavy atom. The molecule has 4 rings (SSSR count). The van der Waals surface area contributed by atoms with Gasteiger partial charge in [-0.3, -0.25) is 9.59 Å². The van der Waals surface area contributed by atoms with Crippen LogP contribution >= 0.6 is 0 Å². The number of nitrogens with one attached hydrogen (secondary N) is 1. The van der Waals surface area contributed by atoms with Gasteiger partial charge in [-0.1, -0.05) is 30.3 Å². The maximum Gasteiger partial charge on any atom is 0.417 e. The fraction of sp³-hybridized carbons (Fsp3) is 0.111. The summed E-state index contributed by atoms with van der Waals surface area (Å²) >= 11 is 0. The van der Waals surface area contributed by atoms with Crippen molar-refractivity contribution in [1.82, 2.24) is 4.57 Å². The predicted molar refractivity (Wildman–Crippen MR) is 125 cm³/mol. The number of aromatic nitrogens is 1. The predicted octanol–water partition coefficient (Wildman–Crippen LogP) is 6.64. The van der Waals surface area contributed by atoms with Crippen LogP contribution in [-0.4, -0.2) is 16.3 Å². The first-order valence-corrected chi connectivity index (χ1v) is 10.6. The van der Waals surface area contributed by atoms with E-state index < -0.39 is 29.2 Å². The maximum atomic E-state index is 13.9. The molecule has 0 saturated carbocycles. The number of rotatable bonds is 5. The third-order valence-corrected chi connectivity index (χ3v) is 5.69. The summed E-state index contributed by atoms with van der Waals surface area (Å²) in [5.74, 6) is -1.63. The number of carbonyl (C=O) groups excluding carboxylic acids is 2. The van der Waals surface area contributed by atoms with Gasteiger partial charge in [0.25, 0.3) is 5.91 Å². The van der Waals surface area contributed by atoms with Crippen molar-refractivity contribution in [3.8, 4) is 11.3 Å². The second kappa shape index (κ2) is 9.21. The quantitative estimate of drug-likeness (QED) is 0.257. The van der Waals surface area contributed by atoms with E-state index in [0.29, 0.717) is 11.3 Å². The molecule has 1 heterocycles. The number of halogens is 4. The number of alkyl halides is 3. The molecule has 8 heteroatoms. The van der Waals surface area contributed by atoms with E-state index in [1.807, 2.05) is 0 Å². The zero-order valence-corrected chi connectivity index (χ0v) is 18.8. The fourth-order valence-corrected chi connectivity index (χ4v) is 4.01. The molecule has 178 valence electrons. The van der Waals surface area contributed by atoms with Crippen LogP contribution in [0.4, 0.5) is 23.2 Å². The monoisotopic (exact) mass is 480 g/mol. The van der Waals surface area contributed by atoms with Gasteiger partial charge in [0.1, 0.15) is 5.82 Å². The number of amides is 1. The van der Waals surface area contributed by atoms with Gasteiger partial charge >= 0.3 is 6.18 Å². The van der Waals surface area contributed by atoms with E-state index in [1.54, 1.807) is 20.0 Å². The van der Waals surface area contributed by atoms with Crippen LogP contribution in [0.3, 0.4) is 0 Å². The van der Waals surface area contributed by atoms with Gasteiger partial charge in [0, 0.05) is 30.1 Å². The summed E-state index contributed by atoms with van der Waals surface area (Å²) in [4.78, 5) is 25.5. The second-order valence-corrected chi connectivity index (χ2v) is 8.01. The van der Waals surface area contributed by atoms with Gasteiger partial charge in [0.2, 0.25) is 0 Å². The van der Waals surface area contributed by atoms with E-state index >= 15 is 0 Å². The van der Waals surface area contributed by atoms with Gasteiger partial charge in [-0.15, -0.1) is 0 Å². The van der Waals surface area contributed by atoms with Crippen LogP contribution in [0, 0.1) is 12.7 Å². The normalized spacial score (nSPS) is 11.4. The Morgan fingerprint density at radius 3 is 2.14 bits per heavy atom. The Labute approximate surface area is 198 Å². The first-order chi connectivity index (χ1) is 16.6. The number of hydrogen-bond donors (Lipinski definition) is 1. The molecule has 0 radical (unpaired) electrons. The van der Waals surface area contributed by atoms with Gasteiger partial charge in [0.15, 0.2) is 5.78 Å². The number of hydrogen-bond acceptors (Lipinski definition) is 2. The molecule has 0 bridgehead atoms. The molecule has 4 aromatic rings. The van der Waals surface area contributed by atoms with Crippen LogP contribution in [0.15, 0.2) is 79.0 Å². The number of carbonyl (C=O) groups is 2. The average molecular weight is 480 g/mol. The lowest BCUT2D eigenvalue weighted by Gasteiger charge is -2.14. The second-order valence-electron chi connectivity index (χ2n) is 8.01. The number of benzene rings is 3. The highest BCUT2D eigenvalue weighted by molar-refractivity contribution is 6.10. The van der Waals surface area contributed by atoms with Gasteiger partial charge in [-0.25, -0.2) is 4.39 Å². The number of anilines is 1. The first kappa shape index (κ1) is 23.9. The summed E-state index contributed by atoms with van der Waals surface area (Å²) in [5.41, 5.74) is 0.654. The Bertz CT molecular complexity index is 1420. The Kier molecular flexibility index (Phi) is 6.30. The lowest BCUT2D eigenvalue weighted by Crippen LogP contribution is -2.13. The van der Waals surface area contributed by atoms with E-state index in [4.69, 9.17) is 0 Å². The smallest absolute Gasteiger partial charge is 0.350 e. The molecule has 3 aromatic carbocycles. The molecular weight excluding hydrogens is 460 g/mol. The first-order valence-electron chi connectivity index (χ1n) is 10.6. The van der Waals surface area contributed by atoms with E-state index in [2.05, 4.69) is 5.32 Å². The van der Waals surface area contributed by atoms with E-state index in [-0.39, 0.29) is 27.9 Å². The van der Waals surface area contributed by atoms with Crippen molar-refractivity contribution in [2.75, 3.05) is 5.32 Å². The summed E-state index contributed by atoms with van der Waals surface area (Å²) < 4.78 is 56.0. The number of ketones is 1. The molecule has 0 atom stereocenters. The van der Waals surface area contributed by atoms with Crippen molar-refractivity contribution < 1.29 is 27.2 Å². The molecule has 0 spiro atoms. The van der Waals surface area contributed by atoms with Crippen molar-refractivity contribution in [3.05, 3.63) is 113 Å². The molecule has 1 N–H and O–H groups in total. The van der Waals surface area contributed by atoms with Crippen molar-refractivity contribution in [2.45, 2.75) is 13.1 Å². The average Bonchev–Trinajstić information content (AvgIpc) is 3.12.